The Morgan fingerprint density at radius 1 is 1.18 bits per heavy atom. The number of carboxylic acids is 1. The maximum Gasteiger partial charge on any atom is 0.312 e. The van der Waals surface area contributed by atoms with Crippen LogP contribution in [-0.4, -0.2) is 27.3 Å². The highest BCUT2D eigenvalue weighted by Gasteiger charge is 2.59. The topological polar surface area (TPSA) is 73.3 Å². The van der Waals surface area contributed by atoms with Gasteiger partial charge in [0.25, 0.3) is 0 Å². The highest BCUT2D eigenvalue weighted by atomic mass is 16.4. The highest BCUT2D eigenvalue weighted by molar-refractivity contribution is 6.09. The van der Waals surface area contributed by atoms with Gasteiger partial charge in [-0.1, -0.05) is 25.1 Å². The molecule has 1 heterocycles. The van der Waals surface area contributed by atoms with Crippen LogP contribution in [0.3, 0.4) is 0 Å². The molecule has 4 nitrogen and oxygen atoms in total. The summed E-state index contributed by atoms with van der Waals surface area (Å²) in [6.45, 7) is 6.17. The van der Waals surface area contributed by atoms with Gasteiger partial charge in [0, 0.05) is 21.8 Å². The molecule has 3 aromatic rings. The second-order valence-corrected chi connectivity index (χ2v) is 9.27. The van der Waals surface area contributed by atoms with Crippen molar-refractivity contribution in [3.05, 3.63) is 47.0 Å². The van der Waals surface area contributed by atoms with E-state index in [1.165, 1.54) is 33.0 Å². The molecule has 1 aromatic heterocycles. The molecule has 0 aliphatic heterocycles. The van der Waals surface area contributed by atoms with E-state index in [4.69, 9.17) is 0 Å². The largest absolute Gasteiger partial charge is 0.481 e. The van der Waals surface area contributed by atoms with Crippen molar-refractivity contribution in [2.24, 2.45) is 11.3 Å². The molecule has 146 valence electrons. The van der Waals surface area contributed by atoms with Crippen LogP contribution >= 0.6 is 0 Å². The molecule has 1 saturated carbocycles. The number of aliphatic carboxylic acids is 1. The summed E-state index contributed by atoms with van der Waals surface area (Å²) in [6, 6.07) is 10.7. The van der Waals surface area contributed by atoms with Crippen molar-refractivity contribution >= 4 is 27.8 Å². The fourth-order valence-electron chi connectivity index (χ4n) is 6.35. The van der Waals surface area contributed by atoms with E-state index in [2.05, 4.69) is 43.1 Å². The molecular weight excluding hydrogens is 350 g/mol. The number of nitrogens with one attached hydrogen (secondary N) is 1. The summed E-state index contributed by atoms with van der Waals surface area (Å²) in [7, 11) is 0. The fourth-order valence-corrected chi connectivity index (χ4v) is 6.35. The zero-order valence-corrected chi connectivity index (χ0v) is 16.7. The van der Waals surface area contributed by atoms with Crippen LogP contribution in [0.1, 0.15) is 49.8 Å². The van der Waals surface area contributed by atoms with Gasteiger partial charge < -0.3 is 15.2 Å². The van der Waals surface area contributed by atoms with Gasteiger partial charge >= 0.3 is 5.97 Å². The van der Waals surface area contributed by atoms with Crippen LogP contribution in [0.2, 0.25) is 0 Å². The lowest BCUT2D eigenvalue weighted by atomic mass is 9.48. The van der Waals surface area contributed by atoms with Crippen LogP contribution in [-0.2, 0) is 16.6 Å². The van der Waals surface area contributed by atoms with Gasteiger partial charge in [-0.3, -0.25) is 4.79 Å². The first kappa shape index (κ1) is 17.7. The maximum absolute atomic E-state index is 12.2. The maximum atomic E-state index is 12.2. The Morgan fingerprint density at radius 3 is 2.68 bits per heavy atom. The normalized spacial score (nSPS) is 32.3. The molecule has 4 atom stereocenters. The molecule has 4 heteroatoms. The van der Waals surface area contributed by atoms with E-state index < -0.39 is 17.5 Å². The summed E-state index contributed by atoms with van der Waals surface area (Å²) in [4.78, 5) is 15.8. The number of hydrogen-bond acceptors (Lipinski definition) is 2. The third kappa shape index (κ3) is 2.02. The van der Waals surface area contributed by atoms with Gasteiger partial charge in [-0.25, -0.2) is 0 Å². The van der Waals surface area contributed by atoms with Crippen LogP contribution in [0.5, 0.6) is 0 Å². The van der Waals surface area contributed by atoms with E-state index in [0.29, 0.717) is 6.42 Å². The first-order chi connectivity index (χ1) is 13.3. The molecular formula is C24H27NO3. The van der Waals surface area contributed by atoms with Crippen molar-refractivity contribution in [3.63, 3.8) is 0 Å². The van der Waals surface area contributed by atoms with E-state index in [0.717, 1.165) is 24.8 Å². The van der Waals surface area contributed by atoms with Gasteiger partial charge in [-0.05, 0) is 79.7 Å². The Kier molecular flexibility index (Phi) is 3.55. The molecule has 5 rings (SSSR count). The number of benzene rings is 2. The van der Waals surface area contributed by atoms with Crippen LogP contribution in [0.25, 0.3) is 21.8 Å². The number of aliphatic hydroxyl groups is 1. The molecule has 0 bridgehead atoms. The summed E-state index contributed by atoms with van der Waals surface area (Å²) >= 11 is 0. The molecule has 2 aliphatic rings. The lowest BCUT2D eigenvalue weighted by molar-refractivity contribution is -0.171. The number of para-hydroxylation sites is 1. The number of aromatic nitrogens is 1. The monoisotopic (exact) mass is 377 g/mol. The van der Waals surface area contributed by atoms with Gasteiger partial charge in [-0.15, -0.1) is 0 Å². The Balaban J connectivity index is 1.79. The number of aryl methyl sites for hydroxylation is 1. The molecule has 3 N–H and O–H groups in total. The smallest absolute Gasteiger partial charge is 0.312 e. The molecule has 0 spiro atoms. The first-order valence-electron chi connectivity index (χ1n) is 10.2. The third-order valence-corrected chi connectivity index (χ3v) is 8.07. The number of aliphatic hydroxyl groups excluding tert-OH is 1. The minimum absolute atomic E-state index is 0.0733. The summed E-state index contributed by atoms with van der Waals surface area (Å²) in [5.74, 6) is -0.944. The minimum atomic E-state index is -1.10. The number of aromatic amines is 1. The molecule has 1 fully saturated rings. The van der Waals surface area contributed by atoms with Crippen LogP contribution in [0.15, 0.2) is 30.3 Å². The molecule has 2 aromatic carbocycles. The fraction of sp³-hybridized carbons (Fsp3) is 0.458. The van der Waals surface area contributed by atoms with E-state index in [1.54, 1.807) is 6.92 Å². The van der Waals surface area contributed by atoms with Crippen molar-refractivity contribution in [3.8, 4) is 0 Å². The average molecular weight is 377 g/mol. The molecule has 4 unspecified atom stereocenters. The van der Waals surface area contributed by atoms with E-state index in [-0.39, 0.29) is 11.3 Å². The summed E-state index contributed by atoms with van der Waals surface area (Å²) in [5, 5.41) is 23.1. The summed E-state index contributed by atoms with van der Waals surface area (Å²) in [5.41, 5.74) is 4.93. The predicted molar refractivity (Wildman–Crippen MR) is 111 cm³/mol. The number of hydrogen-bond donors (Lipinski definition) is 3. The Morgan fingerprint density at radius 2 is 1.93 bits per heavy atom. The third-order valence-electron chi connectivity index (χ3n) is 8.07. The number of carbonyl (C=O) groups is 1. The SMILES string of the molecule is Cc1c2c(cc3c1[nH]c1ccccc13)C1(C)CCC(O)C(C)(C(=O)O)C1CC2. The first-order valence-corrected chi connectivity index (χ1v) is 10.2. The van der Waals surface area contributed by atoms with Crippen molar-refractivity contribution in [1.82, 2.24) is 4.98 Å². The summed E-state index contributed by atoms with van der Waals surface area (Å²) < 4.78 is 0. The number of carboxylic acid groups (broad SMARTS) is 1. The van der Waals surface area contributed by atoms with E-state index >= 15 is 0 Å². The molecule has 28 heavy (non-hydrogen) atoms. The van der Waals surface area contributed by atoms with Gasteiger partial charge in [0.05, 0.1) is 11.5 Å². The second kappa shape index (κ2) is 5.60. The average Bonchev–Trinajstić information content (AvgIpc) is 3.05. The van der Waals surface area contributed by atoms with Crippen LogP contribution in [0.4, 0.5) is 0 Å². The zero-order valence-electron chi connectivity index (χ0n) is 16.7. The quantitative estimate of drug-likeness (QED) is 0.576. The van der Waals surface area contributed by atoms with Gasteiger partial charge in [0.1, 0.15) is 0 Å². The van der Waals surface area contributed by atoms with Crippen LogP contribution in [0, 0.1) is 18.3 Å². The number of rotatable bonds is 1. The van der Waals surface area contributed by atoms with Crippen molar-refractivity contribution in [2.45, 2.75) is 58.0 Å². The van der Waals surface area contributed by atoms with Crippen LogP contribution < -0.4 is 0 Å². The van der Waals surface area contributed by atoms with E-state index in [9.17, 15) is 15.0 Å². The minimum Gasteiger partial charge on any atom is -0.481 e. The Hall–Kier alpha value is -2.33. The molecule has 0 radical (unpaired) electrons. The predicted octanol–water partition coefficient (Wildman–Crippen LogP) is 4.70. The van der Waals surface area contributed by atoms with Gasteiger partial charge in [0.15, 0.2) is 0 Å². The lowest BCUT2D eigenvalue weighted by Crippen LogP contribution is -2.58. The van der Waals surface area contributed by atoms with Crippen molar-refractivity contribution in [1.29, 1.82) is 0 Å². The van der Waals surface area contributed by atoms with Gasteiger partial charge in [-0.2, -0.15) is 0 Å². The van der Waals surface area contributed by atoms with Gasteiger partial charge in [0.2, 0.25) is 0 Å². The second-order valence-electron chi connectivity index (χ2n) is 9.27. The van der Waals surface area contributed by atoms with E-state index in [1.807, 2.05) is 6.07 Å². The standard InChI is InChI=1S/C24H27NO3/c1-13-14-8-9-19-23(2,11-10-20(26)24(19,3)22(27)28)17(14)12-16-15-6-4-5-7-18(15)25-21(13)16/h4-7,12,19-20,25-26H,8-11H2,1-3H3,(H,27,28). The molecule has 0 amide bonds. The zero-order chi connectivity index (χ0) is 19.8. The molecule has 0 saturated heterocycles. The molecule has 2 aliphatic carbocycles. The van der Waals surface area contributed by atoms with Crippen molar-refractivity contribution in [2.75, 3.05) is 0 Å². The highest BCUT2D eigenvalue weighted by Crippen LogP contribution is 2.58. The Bertz CT molecular complexity index is 1130. The lowest BCUT2D eigenvalue weighted by Gasteiger charge is -2.55. The Labute approximate surface area is 164 Å². The number of fused-ring (bicyclic) bond motifs is 6. The van der Waals surface area contributed by atoms with Crippen molar-refractivity contribution < 1.29 is 15.0 Å². The summed E-state index contributed by atoms with van der Waals surface area (Å²) in [6.07, 6.45) is 2.23. The number of H-pyrrole nitrogens is 1.